The Morgan fingerprint density at radius 3 is 2.62 bits per heavy atom. The number of unbranched alkanes of at least 4 members (excludes halogenated alkanes) is 2. The number of nitrogens with zero attached hydrogens (tertiary/aromatic N) is 2. The van der Waals surface area contributed by atoms with E-state index in [-0.39, 0.29) is 5.91 Å². The molecule has 0 radical (unpaired) electrons. The first-order valence-electron chi connectivity index (χ1n) is 6.33. The van der Waals surface area contributed by atoms with Crippen LogP contribution in [0.3, 0.4) is 0 Å². The van der Waals surface area contributed by atoms with Crippen molar-refractivity contribution in [1.82, 2.24) is 9.80 Å². The van der Waals surface area contributed by atoms with Gasteiger partial charge in [-0.2, -0.15) is 0 Å². The molecule has 1 amide bonds. The van der Waals surface area contributed by atoms with Gasteiger partial charge in [-0.25, -0.2) is 0 Å². The second kappa shape index (κ2) is 7.63. The number of amides is 1. The van der Waals surface area contributed by atoms with Gasteiger partial charge in [0.2, 0.25) is 5.91 Å². The third-order valence-corrected chi connectivity index (χ3v) is 3.17. The first kappa shape index (κ1) is 13.5. The summed E-state index contributed by atoms with van der Waals surface area (Å²) < 4.78 is 0. The number of carbonyl (C=O) groups excluding carboxylic acids is 1. The summed E-state index contributed by atoms with van der Waals surface area (Å²) in [5.41, 5.74) is 0. The maximum atomic E-state index is 11.2. The summed E-state index contributed by atoms with van der Waals surface area (Å²) in [5, 5.41) is 8.69. The van der Waals surface area contributed by atoms with Crippen LogP contribution in [0.15, 0.2) is 0 Å². The maximum Gasteiger partial charge on any atom is 0.219 e. The van der Waals surface area contributed by atoms with Crippen LogP contribution in [0.2, 0.25) is 0 Å². The standard InChI is InChI=1S/C12H24N2O2/c1-12(16)14-8-5-7-13(9-10-14)6-3-2-4-11-15/h15H,2-11H2,1H3. The summed E-state index contributed by atoms with van der Waals surface area (Å²) in [6.45, 7) is 6.93. The molecule has 0 aromatic rings. The van der Waals surface area contributed by atoms with Crippen LogP contribution in [0.4, 0.5) is 0 Å². The van der Waals surface area contributed by atoms with Crippen LogP contribution >= 0.6 is 0 Å². The summed E-state index contributed by atoms with van der Waals surface area (Å²) in [7, 11) is 0. The Bertz CT molecular complexity index is 209. The van der Waals surface area contributed by atoms with Gasteiger partial charge in [-0.1, -0.05) is 0 Å². The van der Waals surface area contributed by atoms with Gasteiger partial charge in [0.25, 0.3) is 0 Å². The van der Waals surface area contributed by atoms with Crippen molar-refractivity contribution in [2.45, 2.75) is 32.6 Å². The average molecular weight is 228 g/mol. The number of hydrogen-bond acceptors (Lipinski definition) is 3. The lowest BCUT2D eigenvalue weighted by Gasteiger charge is -2.20. The van der Waals surface area contributed by atoms with Gasteiger partial charge in [-0.15, -0.1) is 0 Å². The summed E-state index contributed by atoms with van der Waals surface area (Å²) in [4.78, 5) is 15.6. The van der Waals surface area contributed by atoms with Gasteiger partial charge in [-0.05, 0) is 38.8 Å². The molecule has 4 nitrogen and oxygen atoms in total. The van der Waals surface area contributed by atoms with Crippen molar-refractivity contribution >= 4 is 5.91 Å². The third kappa shape index (κ3) is 4.94. The zero-order valence-corrected chi connectivity index (χ0v) is 10.3. The largest absolute Gasteiger partial charge is 0.396 e. The van der Waals surface area contributed by atoms with Gasteiger partial charge in [0.1, 0.15) is 0 Å². The quantitative estimate of drug-likeness (QED) is 0.705. The summed E-state index contributed by atoms with van der Waals surface area (Å²) >= 11 is 0. The highest BCUT2D eigenvalue weighted by atomic mass is 16.2. The first-order valence-corrected chi connectivity index (χ1v) is 6.33. The second-order valence-corrected chi connectivity index (χ2v) is 4.49. The fraction of sp³-hybridized carbons (Fsp3) is 0.917. The highest BCUT2D eigenvalue weighted by molar-refractivity contribution is 5.73. The van der Waals surface area contributed by atoms with E-state index in [1.807, 2.05) is 4.90 Å². The number of hydrogen-bond donors (Lipinski definition) is 1. The second-order valence-electron chi connectivity index (χ2n) is 4.49. The molecule has 1 aliphatic heterocycles. The van der Waals surface area contributed by atoms with Crippen molar-refractivity contribution in [1.29, 1.82) is 0 Å². The SMILES string of the molecule is CC(=O)N1CCCN(CCCCCO)CC1. The Morgan fingerprint density at radius 2 is 1.94 bits per heavy atom. The number of aliphatic hydroxyl groups excluding tert-OH is 1. The molecule has 0 bridgehead atoms. The monoisotopic (exact) mass is 228 g/mol. The van der Waals surface area contributed by atoms with Crippen LogP contribution in [0.1, 0.15) is 32.6 Å². The molecule has 0 aromatic heterocycles. The fourth-order valence-electron chi connectivity index (χ4n) is 2.13. The molecule has 1 saturated heterocycles. The Balaban J connectivity index is 2.17. The molecule has 1 heterocycles. The molecule has 0 aliphatic carbocycles. The molecule has 94 valence electrons. The van der Waals surface area contributed by atoms with E-state index in [9.17, 15) is 4.79 Å². The molecule has 1 fully saturated rings. The van der Waals surface area contributed by atoms with Crippen LogP contribution in [0, 0.1) is 0 Å². The zero-order chi connectivity index (χ0) is 11.8. The van der Waals surface area contributed by atoms with Crippen molar-refractivity contribution in [3.05, 3.63) is 0 Å². The number of carbonyl (C=O) groups is 1. The lowest BCUT2D eigenvalue weighted by molar-refractivity contribution is -0.128. The van der Waals surface area contributed by atoms with Crippen molar-refractivity contribution in [3.8, 4) is 0 Å². The molecular formula is C12H24N2O2. The van der Waals surface area contributed by atoms with Crippen molar-refractivity contribution in [3.63, 3.8) is 0 Å². The topological polar surface area (TPSA) is 43.8 Å². The molecule has 16 heavy (non-hydrogen) atoms. The van der Waals surface area contributed by atoms with E-state index in [1.54, 1.807) is 6.92 Å². The molecule has 1 aliphatic rings. The van der Waals surface area contributed by atoms with E-state index in [1.165, 1.54) is 0 Å². The van der Waals surface area contributed by atoms with Gasteiger partial charge in [-0.3, -0.25) is 4.79 Å². The van der Waals surface area contributed by atoms with Gasteiger partial charge in [0, 0.05) is 33.2 Å². The van der Waals surface area contributed by atoms with E-state index < -0.39 is 0 Å². The minimum atomic E-state index is 0.196. The lowest BCUT2D eigenvalue weighted by Crippen LogP contribution is -2.33. The van der Waals surface area contributed by atoms with Crippen LogP contribution in [0.5, 0.6) is 0 Å². The smallest absolute Gasteiger partial charge is 0.219 e. The minimum absolute atomic E-state index is 0.196. The Labute approximate surface area is 98.2 Å². The van der Waals surface area contributed by atoms with Crippen LogP contribution in [-0.2, 0) is 4.79 Å². The van der Waals surface area contributed by atoms with Crippen molar-refractivity contribution in [2.24, 2.45) is 0 Å². The van der Waals surface area contributed by atoms with Gasteiger partial charge in [0.15, 0.2) is 0 Å². The molecule has 0 spiro atoms. The van der Waals surface area contributed by atoms with Gasteiger partial charge in [0.05, 0.1) is 0 Å². The normalized spacial score (nSPS) is 18.5. The third-order valence-electron chi connectivity index (χ3n) is 3.17. The van der Waals surface area contributed by atoms with Crippen LogP contribution < -0.4 is 0 Å². The average Bonchev–Trinajstić information content (AvgIpc) is 2.50. The zero-order valence-electron chi connectivity index (χ0n) is 10.3. The van der Waals surface area contributed by atoms with Crippen molar-refractivity contribution in [2.75, 3.05) is 39.3 Å². The molecule has 1 N–H and O–H groups in total. The van der Waals surface area contributed by atoms with Crippen molar-refractivity contribution < 1.29 is 9.90 Å². The summed E-state index contributed by atoms with van der Waals surface area (Å²) in [6, 6.07) is 0. The predicted molar refractivity (Wildman–Crippen MR) is 64.2 cm³/mol. The molecule has 0 saturated carbocycles. The molecular weight excluding hydrogens is 204 g/mol. The van der Waals surface area contributed by atoms with Crippen LogP contribution in [-0.4, -0.2) is 60.1 Å². The van der Waals surface area contributed by atoms with E-state index in [2.05, 4.69) is 4.90 Å². The summed E-state index contributed by atoms with van der Waals surface area (Å²) in [5.74, 6) is 0.196. The highest BCUT2D eigenvalue weighted by Crippen LogP contribution is 2.05. The minimum Gasteiger partial charge on any atom is -0.396 e. The Morgan fingerprint density at radius 1 is 1.12 bits per heavy atom. The van der Waals surface area contributed by atoms with Gasteiger partial charge >= 0.3 is 0 Å². The number of aliphatic hydroxyl groups is 1. The molecule has 4 heteroatoms. The fourth-order valence-corrected chi connectivity index (χ4v) is 2.13. The first-order chi connectivity index (χ1) is 7.74. The van der Waals surface area contributed by atoms with Gasteiger partial charge < -0.3 is 14.9 Å². The lowest BCUT2D eigenvalue weighted by atomic mass is 10.2. The van der Waals surface area contributed by atoms with E-state index in [0.717, 1.165) is 58.4 Å². The molecule has 0 atom stereocenters. The van der Waals surface area contributed by atoms with E-state index in [0.29, 0.717) is 6.61 Å². The highest BCUT2D eigenvalue weighted by Gasteiger charge is 2.15. The number of rotatable bonds is 5. The Hall–Kier alpha value is -0.610. The summed E-state index contributed by atoms with van der Waals surface area (Å²) in [6.07, 6.45) is 4.25. The van der Waals surface area contributed by atoms with Crippen LogP contribution in [0.25, 0.3) is 0 Å². The Kier molecular flexibility index (Phi) is 6.42. The maximum absolute atomic E-state index is 11.2. The predicted octanol–water partition coefficient (Wildman–Crippen LogP) is 0.703. The molecule has 1 rings (SSSR count). The van der Waals surface area contributed by atoms with E-state index in [4.69, 9.17) is 5.11 Å². The molecule has 0 aromatic carbocycles. The molecule has 0 unspecified atom stereocenters. The van der Waals surface area contributed by atoms with E-state index >= 15 is 0 Å².